The number of aromatic nitrogens is 2. The molecule has 2 aromatic heterocycles. The standard InChI is InChI=1S/C15H19N3O3S2/c1-4-15(2)5-8-9(6-21-15)23-13-11(8)12(16)17-14(18-13)22-7-10(19)20-3/h4-7H2,1-3H3,(H2,16,17,18)/t15-/m1/s1. The van der Waals surface area contributed by atoms with Crippen molar-refractivity contribution in [1.29, 1.82) is 0 Å². The van der Waals surface area contributed by atoms with Crippen molar-refractivity contribution in [1.82, 2.24) is 9.97 Å². The van der Waals surface area contributed by atoms with E-state index in [4.69, 9.17) is 10.5 Å². The van der Waals surface area contributed by atoms with Crippen LogP contribution in [0.25, 0.3) is 10.2 Å². The molecule has 0 radical (unpaired) electrons. The van der Waals surface area contributed by atoms with Crippen LogP contribution in [0.1, 0.15) is 30.7 Å². The SMILES string of the molecule is CC[C@]1(C)Cc2c(sc3nc(SCC(=O)OC)nc(N)c23)CO1. The van der Waals surface area contributed by atoms with Crippen molar-refractivity contribution in [3.8, 4) is 0 Å². The highest BCUT2D eigenvalue weighted by Crippen LogP contribution is 2.41. The Kier molecular flexibility index (Phi) is 4.48. The van der Waals surface area contributed by atoms with Gasteiger partial charge in [0.05, 0.1) is 30.5 Å². The van der Waals surface area contributed by atoms with Gasteiger partial charge in [-0.15, -0.1) is 11.3 Å². The Morgan fingerprint density at radius 3 is 3.00 bits per heavy atom. The van der Waals surface area contributed by atoms with E-state index in [0.717, 1.165) is 23.1 Å². The van der Waals surface area contributed by atoms with Crippen molar-refractivity contribution < 1.29 is 14.3 Å². The molecule has 0 bridgehead atoms. The molecular weight excluding hydrogens is 334 g/mol. The lowest BCUT2D eigenvalue weighted by molar-refractivity contribution is -0.137. The Labute approximate surface area is 142 Å². The van der Waals surface area contributed by atoms with E-state index < -0.39 is 0 Å². The second-order valence-corrected chi connectivity index (χ2v) is 7.74. The molecule has 0 saturated carbocycles. The van der Waals surface area contributed by atoms with E-state index in [9.17, 15) is 4.79 Å². The maximum absolute atomic E-state index is 11.3. The number of thiophene rings is 1. The summed E-state index contributed by atoms with van der Waals surface area (Å²) in [5, 5.41) is 1.44. The average molecular weight is 353 g/mol. The van der Waals surface area contributed by atoms with Crippen molar-refractivity contribution >= 4 is 45.1 Å². The van der Waals surface area contributed by atoms with Crippen LogP contribution in [0.4, 0.5) is 5.82 Å². The molecule has 1 atom stereocenters. The maximum atomic E-state index is 11.3. The molecule has 2 aromatic rings. The minimum absolute atomic E-state index is 0.161. The van der Waals surface area contributed by atoms with Crippen molar-refractivity contribution in [3.05, 3.63) is 10.4 Å². The minimum Gasteiger partial charge on any atom is -0.468 e. The summed E-state index contributed by atoms with van der Waals surface area (Å²) in [5.74, 6) is 0.332. The van der Waals surface area contributed by atoms with Gasteiger partial charge < -0.3 is 15.2 Å². The Morgan fingerprint density at radius 2 is 2.30 bits per heavy atom. The summed E-state index contributed by atoms with van der Waals surface area (Å²) >= 11 is 2.82. The van der Waals surface area contributed by atoms with Gasteiger partial charge in [-0.1, -0.05) is 18.7 Å². The predicted molar refractivity (Wildman–Crippen MR) is 91.8 cm³/mol. The zero-order chi connectivity index (χ0) is 16.6. The maximum Gasteiger partial charge on any atom is 0.316 e. The molecule has 6 nitrogen and oxygen atoms in total. The molecule has 0 fully saturated rings. The number of anilines is 1. The van der Waals surface area contributed by atoms with Crippen molar-refractivity contribution in [3.63, 3.8) is 0 Å². The summed E-state index contributed by atoms with van der Waals surface area (Å²) in [6.45, 7) is 4.84. The van der Waals surface area contributed by atoms with Crippen LogP contribution in [0.15, 0.2) is 5.16 Å². The van der Waals surface area contributed by atoms with Crippen LogP contribution in [0.2, 0.25) is 0 Å². The van der Waals surface area contributed by atoms with Crippen LogP contribution >= 0.6 is 23.1 Å². The Morgan fingerprint density at radius 1 is 1.52 bits per heavy atom. The van der Waals surface area contributed by atoms with E-state index in [-0.39, 0.29) is 17.3 Å². The average Bonchev–Trinajstić information content (AvgIpc) is 2.90. The number of nitrogens with two attached hydrogens (primary N) is 1. The third kappa shape index (κ3) is 3.15. The number of rotatable bonds is 4. The molecule has 0 unspecified atom stereocenters. The van der Waals surface area contributed by atoms with Gasteiger partial charge in [0, 0.05) is 11.3 Å². The molecule has 1 aliphatic rings. The van der Waals surface area contributed by atoms with Crippen molar-refractivity contribution in [2.45, 2.75) is 44.1 Å². The first-order chi connectivity index (χ1) is 11.0. The first kappa shape index (κ1) is 16.5. The number of ether oxygens (including phenoxy) is 2. The number of nitrogen functional groups attached to an aromatic ring is 1. The van der Waals surface area contributed by atoms with E-state index >= 15 is 0 Å². The minimum atomic E-state index is -0.310. The lowest BCUT2D eigenvalue weighted by Crippen LogP contribution is -2.33. The highest BCUT2D eigenvalue weighted by atomic mass is 32.2. The molecule has 0 amide bonds. The fourth-order valence-corrected chi connectivity index (χ4v) is 4.41. The van der Waals surface area contributed by atoms with Gasteiger partial charge in [-0.2, -0.15) is 0 Å². The van der Waals surface area contributed by atoms with Gasteiger partial charge in [-0.05, 0) is 18.9 Å². The topological polar surface area (TPSA) is 87.3 Å². The van der Waals surface area contributed by atoms with Crippen LogP contribution in [0.5, 0.6) is 0 Å². The highest BCUT2D eigenvalue weighted by Gasteiger charge is 2.33. The van der Waals surface area contributed by atoms with Crippen LogP contribution in [0, 0.1) is 0 Å². The predicted octanol–water partition coefficient (Wildman–Crippen LogP) is 2.78. The summed E-state index contributed by atoms with van der Waals surface area (Å²) in [6, 6.07) is 0. The smallest absolute Gasteiger partial charge is 0.316 e. The lowest BCUT2D eigenvalue weighted by atomic mass is 9.90. The zero-order valence-corrected chi connectivity index (χ0v) is 15.0. The zero-order valence-electron chi connectivity index (χ0n) is 13.3. The quantitative estimate of drug-likeness (QED) is 0.514. The second kappa shape index (κ2) is 6.26. The van der Waals surface area contributed by atoms with E-state index in [1.807, 2.05) is 0 Å². The van der Waals surface area contributed by atoms with Gasteiger partial charge >= 0.3 is 5.97 Å². The largest absolute Gasteiger partial charge is 0.468 e. The van der Waals surface area contributed by atoms with Gasteiger partial charge in [0.25, 0.3) is 0 Å². The van der Waals surface area contributed by atoms with E-state index in [0.29, 0.717) is 17.6 Å². The fraction of sp³-hybridized carbons (Fsp3) is 0.533. The monoisotopic (exact) mass is 353 g/mol. The molecule has 23 heavy (non-hydrogen) atoms. The van der Waals surface area contributed by atoms with Crippen LogP contribution < -0.4 is 5.73 Å². The van der Waals surface area contributed by atoms with Crippen LogP contribution in [0.3, 0.4) is 0 Å². The Hall–Kier alpha value is -1.38. The number of nitrogens with zero attached hydrogens (tertiary/aromatic N) is 2. The molecule has 0 saturated heterocycles. The number of carbonyl (C=O) groups is 1. The summed E-state index contributed by atoms with van der Waals surface area (Å²) in [4.78, 5) is 22.2. The molecule has 1 aliphatic heterocycles. The van der Waals surface area contributed by atoms with Crippen LogP contribution in [-0.2, 0) is 27.3 Å². The lowest BCUT2D eigenvalue weighted by Gasteiger charge is -2.33. The third-order valence-corrected chi connectivity index (χ3v) is 6.06. The van der Waals surface area contributed by atoms with Gasteiger partial charge in [-0.25, -0.2) is 9.97 Å². The molecular formula is C15H19N3O3S2. The van der Waals surface area contributed by atoms with Crippen molar-refractivity contribution in [2.75, 3.05) is 18.6 Å². The van der Waals surface area contributed by atoms with E-state index in [1.54, 1.807) is 11.3 Å². The number of carbonyl (C=O) groups excluding carboxylic acids is 1. The molecule has 3 heterocycles. The number of hydrogen-bond donors (Lipinski definition) is 1. The van der Waals surface area contributed by atoms with Gasteiger partial charge in [0.15, 0.2) is 5.16 Å². The number of fused-ring (bicyclic) bond motifs is 3. The molecule has 0 aromatic carbocycles. The first-order valence-electron chi connectivity index (χ1n) is 7.37. The van der Waals surface area contributed by atoms with Gasteiger partial charge in [0.1, 0.15) is 10.6 Å². The second-order valence-electron chi connectivity index (χ2n) is 5.71. The van der Waals surface area contributed by atoms with Crippen LogP contribution in [-0.4, -0.2) is 34.4 Å². The van der Waals surface area contributed by atoms with E-state index in [2.05, 4.69) is 28.6 Å². The van der Waals surface area contributed by atoms with Gasteiger partial charge in [0.2, 0.25) is 0 Å². The summed E-state index contributed by atoms with van der Waals surface area (Å²) in [5.41, 5.74) is 7.23. The molecule has 8 heteroatoms. The first-order valence-corrected chi connectivity index (χ1v) is 9.17. The Bertz CT molecular complexity index is 762. The number of hydrogen-bond acceptors (Lipinski definition) is 8. The summed E-state index contributed by atoms with van der Waals surface area (Å²) in [7, 11) is 1.36. The Balaban J connectivity index is 1.96. The van der Waals surface area contributed by atoms with Crippen molar-refractivity contribution in [2.24, 2.45) is 0 Å². The molecule has 2 N–H and O–H groups in total. The number of methoxy groups -OCH3 is 1. The third-order valence-electron chi connectivity index (χ3n) is 4.14. The van der Waals surface area contributed by atoms with E-state index in [1.165, 1.54) is 29.3 Å². The molecule has 0 aliphatic carbocycles. The highest BCUT2D eigenvalue weighted by molar-refractivity contribution is 7.99. The summed E-state index contributed by atoms with van der Waals surface area (Å²) in [6.07, 6.45) is 1.76. The normalized spacial score (nSPS) is 20.5. The summed E-state index contributed by atoms with van der Waals surface area (Å²) < 4.78 is 10.6. The number of thioether (sulfide) groups is 1. The molecule has 0 spiro atoms. The molecule has 3 rings (SSSR count). The van der Waals surface area contributed by atoms with Gasteiger partial charge in [-0.3, -0.25) is 4.79 Å². The molecule has 124 valence electrons. The number of esters is 1. The fourth-order valence-electron chi connectivity index (χ4n) is 2.55.